The smallest absolute Gasteiger partial charge is 0.277 e. The van der Waals surface area contributed by atoms with Crippen molar-refractivity contribution in [2.45, 2.75) is 20.3 Å². The number of anilines is 1. The van der Waals surface area contributed by atoms with Crippen molar-refractivity contribution in [3.63, 3.8) is 0 Å². The lowest BCUT2D eigenvalue weighted by Crippen LogP contribution is -2.14. The second-order valence-electron chi connectivity index (χ2n) is 4.74. The number of hydrogen-bond donors (Lipinski definition) is 1. The van der Waals surface area contributed by atoms with Crippen LogP contribution in [0.15, 0.2) is 41.1 Å². The van der Waals surface area contributed by atoms with Gasteiger partial charge in [0.15, 0.2) is 12.1 Å². The summed E-state index contributed by atoms with van der Waals surface area (Å²) in [6, 6.07) is 9.63. The van der Waals surface area contributed by atoms with E-state index in [-0.39, 0.29) is 5.91 Å². The minimum absolute atomic E-state index is 0.278. The number of carbonyl (C=O) groups excluding carboxylic acids is 1. The van der Waals surface area contributed by atoms with E-state index in [1.165, 1.54) is 6.39 Å². The Morgan fingerprint density at radius 1 is 1.33 bits per heavy atom. The van der Waals surface area contributed by atoms with E-state index in [9.17, 15) is 4.79 Å². The van der Waals surface area contributed by atoms with Crippen LogP contribution in [0.1, 0.15) is 28.9 Å². The Hall–Kier alpha value is -2.69. The molecule has 0 atom stereocenters. The lowest BCUT2D eigenvalue weighted by Gasteiger charge is -2.09. The van der Waals surface area contributed by atoms with Crippen molar-refractivity contribution in [1.82, 2.24) is 9.97 Å². The van der Waals surface area contributed by atoms with Gasteiger partial charge in [0.2, 0.25) is 0 Å². The van der Waals surface area contributed by atoms with E-state index in [1.807, 2.05) is 37.3 Å². The number of aromatic nitrogens is 2. The van der Waals surface area contributed by atoms with E-state index >= 15 is 0 Å². The number of nitrogens with zero attached hydrogens (tertiary/aromatic N) is 2. The molecule has 0 bridgehead atoms. The van der Waals surface area contributed by atoms with Crippen LogP contribution in [-0.4, -0.2) is 15.9 Å². The molecule has 2 heterocycles. The molecular formula is C16H15N3O2. The van der Waals surface area contributed by atoms with Gasteiger partial charge in [0.25, 0.3) is 5.91 Å². The normalized spacial score (nSPS) is 10.8. The molecular weight excluding hydrogens is 266 g/mol. The summed E-state index contributed by atoms with van der Waals surface area (Å²) in [4.78, 5) is 20.8. The molecule has 5 heteroatoms. The van der Waals surface area contributed by atoms with Crippen LogP contribution in [0.5, 0.6) is 0 Å². The molecule has 2 aromatic heterocycles. The first-order valence-electron chi connectivity index (χ1n) is 6.79. The van der Waals surface area contributed by atoms with Gasteiger partial charge in [0, 0.05) is 11.1 Å². The van der Waals surface area contributed by atoms with Gasteiger partial charge < -0.3 is 9.73 Å². The fraction of sp³-hybridized carbons (Fsp3) is 0.188. The van der Waals surface area contributed by atoms with Gasteiger partial charge >= 0.3 is 0 Å². The summed E-state index contributed by atoms with van der Waals surface area (Å²) in [6.45, 7) is 3.74. The molecule has 3 aromatic rings. The van der Waals surface area contributed by atoms with Crippen LogP contribution in [0.4, 0.5) is 5.69 Å². The van der Waals surface area contributed by atoms with Crippen LogP contribution in [-0.2, 0) is 6.42 Å². The van der Waals surface area contributed by atoms with Crippen LogP contribution in [0.3, 0.4) is 0 Å². The monoisotopic (exact) mass is 281 g/mol. The highest BCUT2D eigenvalue weighted by Crippen LogP contribution is 2.24. The van der Waals surface area contributed by atoms with E-state index in [4.69, 9.17) is 4.42 Å². The number of para-hydroxylation sites is 1. The lowest BCUT2D eigenvalue weighted by molar-refractivity contribution is 0.102. The third-order valence-electron chi connectivity index (χ3n) is 3.34. The van der Waals surface area contributed by atoms with Crippen molar-refractivity contribution in [3.8, 4) is 0 Å². The maximum Gasteiger partial charge on any atom is 0.277 e. The summed E-state index contributed by atoms with van der Waals surface area (Å²) in [5, 5.41) is 3.81. The van der Waals surface area contributed by atoms with Gasteiger partial charge in [-0.05, 0) is 25.5 Å². The molecule has 5 nitrogen and oxygen atoms in total. The Morgan fingerprint density at radius 2 is 2.14 bits per heavy atom. The van der Waals surface area contributed by atoms with Gasteiger partial charge in [-0.15, -0.1) is 0 Å². The summed E-state index contributed by atoms with van der Waals surface area (Å²) in [5.41, 5.74) is 2.84. The maximum absolute atomic E-state index is 12.3. The minimum atomic E-state index is -0.278. The predicted octanol–water partition coefficient (Wildman–Crippen LogP) is 3.35. The van der Waals surface area contributed by atoms with E-state index in [0.717, 1.165) is 28.7 Å². The van der Waals surface area contributed by atoms with Crippen LogP contribution in [0.25, 0.3) is 10.9 Å². The molecule has 106 valence electrons. The molecule has 1 N–H and O–H groups in total. The van der Waals surface area contributed by atoms with Crippen LogP contribution in [0, 0.1) is 6.92 Å². The molecule has 0 saturated heterocycles. The summed E-state index contributed by atoms with van der Waals surface area (Å²) in [7, 11) is 0. The number of pyridine rings is 1. The maximum atomic E-state index is 12.3. The van der Waals surface area contributed by atoms with Crippen molar-refractivity contribution < 1.29 is 9.21 Å². The third-order valence-corrected chi connectivity index (χ3v) is 3.34. The average molecular weight is 281 g/mol. The lowest BCUT2D eigenvalue weighted by atomic mass is 10.1. The van der Waals surface area contributed by atoms with Gasteiger partial charge in [-0.2, -0.15) is 0 Å². The second kappa shape index (κ2) is 5.36. The molecule has 0 unspecified atom stereocenters. The Balaban J connectivity index is 2.03. The van der Waals surface area contributed by atoms with Gasteiger partial charge in [-0.25, -0.2) is 4.98 Å². The quantitative estimate of drug-likeness (QED) is 0.799. The zero-order valence-electron chi connectivity index (χ0n) is 11.9. The molecule has 0 aliphatic rings. The molecule has 0 aliphatic heterocycles. The Bertz CT molecular complexity index is 808. The summed E-state index contributed by atoms with van der Waals surface area (Å²) in [5.74, 6) is 0.223. The molecule has 0 radical (unpaired) electrons. The molecule has 1 amide bonds. The summed E-state index contributed by atoms with van der Waals surface area (Å²) in [6.07, 6.45) is 2.07. The predicted molar refractivity (Wildman–Crippen MR) is 80.3 cm³/mol. The second-order valence-corrected chi connectivity index (χ2v) is 4.74. The molecule has 0 fully saturated rings. The largest absolute Gasteiger partial charge is 0.448 e. The first kappa shape index (κ1) is 13.3. The molecule has 1 aromatic carbocycles. The topological polar surface area (TPSA) is 68.0 Å². The fourth-order valence-corrected chi connectivity index (χ4v) is 2.22. The van der Waals surface area contributed by atoms with Crippen LogP contribution >= 0.6 is 0 Å². The molecule has 0 spiro atoms. The number of nitrogens with one attached hydrogen (secondary N) is 1. The standard InChI is InChI=1S/C16H15N3O2/c1-3-11-8-14(12-6-4-5-7-13(12)18-11)19-16(20)15-10(2)21-9-17-15/h4-9H,3H2,1-2H3,(H,18,19,20). The van der Waals surface area contributed by atoms with E-state index in [2.05, 4.69) is 15.3 Å². The zero-order chi connectivity index (χ0) is 14.8. The van der Waals surface area contributed by atoms with Crippen LogP contribution < -0.4 is 5.32 Å². The summed E-state index contributed by atoms with van der Waals surface area (Å²) < 4.78 is 5.07. The first-order valence-corrected chi connectivity index (χ1v) is 6.79. The Labute approximate surface area is 122 Å². The molecule has 3 rings (SSSR count). The number of oxazole rings is 1. The van der Waals surface area contributed by atoms with Gasteiger partial charge in [-0.3, -0.25) is 9.78 Å². The third kappa shape index (κ3) is 2.50. The molecule has 21 heavy (non-hydrogen) atoms. The van der Waals surface area contributed by atoms with Crippen molar-refractivity contribution in [2.75, 3.05) is 5.32 Å². The van der Waals surface area contributed by atoms with E-state index in [1.54, 1.807) is 6.92 Å². The van der Waals surface area contributed by atoms with Gasteiger partial charge in [0.1, 0.15) is 5.76 Å². The average Bonchev–Trinajstić information content (AvgIpc) is 2.93. The first-order chi connectivity index (χ1) is 10.2. The number of fused-ring (bicyclic) bond motifs is 1. The van der Waals surface area contributed by atoms with Crippen LogP contribution in [0.2, 0.25) is 0 Å². The highest BCUT2D eigenvalue weighted by Gasteiger charge is 2.15. The minimum Gasteiger partial charge on any atom is -0.448 e. The number of benzene rings is 1. The van der Waals surface area contributed by atoms with Crippen molar-refractivity contribution in [2.24, 2.45) is 0 Å². The van der Waals surface area contributed by atoms with Crippen molar-refractivity contribution in [1.29, 1.82) is 0 Å². The van der Waals surface area contributed by atoms with Crippen molar-refractivity contribution in [3.05, 3.63) is 53.9 Å². The Morgan fingerprint density at radius 3 is 2.86 bits per heavy atom. The molecule has 0 saturated carbocycles. The SMILES string of the molecule is CCc1cc(NC(=O)c2ncoc2C)c2ccccc2n1. The highest BCUT2D eigenvalue weighted by molar-refractivity contribution is 6.08. The van der Waals surface area contributed by atoms with Crippen molar-refractivity contribution >= 4 is 22.5 Å². The number of aryl methyl sites for hydroxylation is 2. The van der Waals surface area contributed by atoms with E-state index in [0.29, 0.717) is 11.5 Å². The van der Waals surface area contributed by atoms with Gasteiger partial charge in [-0.1, -0.05) is 25.1 Å². The fourth-order valence-electron chi connectivity index (χ4n) is 2.22. The Kier molecular flexibility index (Phi) is 3.39. The van der Waals surface area contributed by atoms with Gasteiger partial charge in [0.05, 0.1) is 11.2 Å². The zero-order valence-corrected chi connectivity index (χ0v) is 11.9. The summed E-state index contributed by atoms with van der Waals surface area (Å²) >= 11 is 0. The number of amides is 1. The van der Waals surface area contributed by atoms with E-state index < -0.39 is 0 Å². The highest BCUT2D eigenvalue weighted by atomic mass is 16.3. The molecule has 0 aliphatic carbocycles. The number of carbonyl (C=O) groups is 1. The number of rotatable bonds is 3. The number of hydrogen-bond acceptors (Lipinski definition) is 4.